The molecule has 0 spiro atoms. The molecule has 0 radical (unpaired) electrons. The van der Waals surface area contributed by atoms with Gasteiger partial charge in [-0.2, -0.15) is 0 Å². The number of hydrogen-bond donors (Lipinski definition) is 4. The Morgan fingerprint density at radius 3 is 2.24 bits per heavy atom. The molecule has 0 aliphatic rings. The van der Waals surface area contributed by atoms with E-state index >= 15 is 0 Å². The standard InChI is InChI=1S/C6H9N5O2.C2H8N2/c7-1-3-10-4(6(9)13)5(8)11(3)2-12;1-4(2)3/h2H,1,7-8H2,(H2,9,13);3H2,1-2H3. The molecular weight excluding hydrogens is 226 g/mol. The van der Waals surface area contributed by atoms with Crippen LogP contribution in [0.15, 0.2) is 0 Å². The minimum Gasteiger partial charge on any atom is -0.383 e. The molecule has 17 heavy (non-hydrogen) atoms. The molecule has 0 aliphatic carbocycles. The predicted molar refractivity (Wildman–Crippen MR) is 63.1 cm³/mol. The van der Waals surface area contributed by atoms with Crippen LogP contribution in [0.2, 0.25) is 0 Å². The third-order valence-corrected chi connectivity index (χ3v) is 1.54. The van der Waals surface area contributed by atoms with E-state index in [0.29, 0.717) is 6.41 Å². The average molecular weight is 243 g/mol. The summed E-state index contributed by atoms with van der Waals surface area (Å²) in [7, 11) is 3.56. The number of amides is 1. The lowest BCUT2D eigenvalue weighted by molar-refractivity contribution is 0.0997. The molecule has 1 aromatic heterocycles. The van der Waals surface area contributed by atoms with Crippen LogP contribution in [0.5, 0.6) is 0 Å². The Labute approximate surface area is 98.3 Å². The van der Waals surface area contributed by atoms with Crippen LogP contribution in [0.25, 0.3) is 0 Å². The molecule has 0 aromatic carbocycles. The summed E-state index contributed by atoms with van der Waals surface area (Å²) in [5.41, 5.74) is 15.5. The summed E-state index contributed by atoms with van der Waals surface area (Å²) in [5.74, 6) is 4.29. The molecule has 0 fully saturated rings. The normalized spacial score (nSPS) is 9.71. The molecule has 9 nitrogen and oxygen atoms in total. The highest BCUT2D eigenvalue weighted by atomic mass is 16.1. The Bertz CT molecular complexity index is 396. The van der Waals surface area contributed by atoms with Crippen LogP contribution < -0.4 is 23.0 Å². The number of nitrogens with zero attached hydrogens (tertiary/aromatic N) is 3. The zero-order chi connectivity index (χ0) is 13.6. The molecule has 0 saturated heterocycles. The average Bonchev–Trinajstić information content (AvgIpc) is 2.53. The van der Waals surface area contributed by atoms with Gasteiger partial charge in [0.2, 0.25) is 6.41 Å². The monoisotopic (exact) mass is 243 g/mol. The Hall–Kier alpha value is -1.97. The number of nitrogens with two attached hydrogens (primary N) is 4. The van der Waals surface area contributed by atoms with Gasteiger partial charge in [0.25, 0.3) is 5.91 Å². The summed E-state index contributed by atoms with van der Waals surface area (Å²) < 4.78 is 0.986. The number of imidazole rings is 1. The van der Waals surface area contributed by atoms with E-state index in [2.05, 4.69) is 4.98 Å². The topological polar surface area (TPSA) is 159 Å². The number of hydrogen-bond acceptors (Lipinski definition) is 7. The Morgan fingerprint density at radius 2 is 2.00 bits per heavy atom. The summed E-state index contributed by atoms with van der Waals surface area (Å²) in [6.07, 6.45) is 0.428. The number of carbonyl (C=O) groups excluding carboxylic acids is 2. The van der Waals surface area contributed by atoms with Gasteiger partial charge < -0.3 is 17.2 Å². The third kappa shape index (κ3) is 4.18. The first-order valence-corrected chi connectivity index (χ1v) is 4.58. The van der Waals surface area contributed by atoms with Crippen LogP contribution in [0, 0.1) is 0 Å². The fourth-order valence-electron chi connectivity index (χ4n) is 0.936. The first-order valence-electron chi connectivity index (χ1n) is 4.58. The van der Waals surface area contributed by atoms with Gasteiger partial charge in [0.05, 0.1) is 6.54 Å². The van der Waals surface area contributed by atoms with E-state index in [1.807, 2.05) is 0 Å². The zero-order valence-electron chi connectivity index (χ0n) is 9.75. The van der Waals surface area contributed by atoms with Gasteiger partial charge >= 0.3 is 0 Å². The van der Waals surface area contributed by atoms with Crippen LogP contribution >= 0.6 is 0 Å². The van der Waals surface area contributed by atoms with Crippen LogP contribution in [0.4, 0.5) is 5.82 Å². The maximum absolute atomic E-state index is 10.7. The Balaban J connectivity index is 0.000000557. The molecule has 0 bridgehead atoms. The van der Waals surface area contributed by atoms with Gasteiger partial charge in [0, 0.05) is 14.1 Å². The molecule has 8 N–H and O–H groups in total. The van der Waals surface area contributed by atoms with E-state index in [0.717, 1.165) is 4.57 Å². The van der Waals surface area contributed by atoms with E-state index in [4.69, 9.17) is 23.0 Å². The van der Waals surface area contributed by atoms with Crippen molar-refractivity contribution in [1.82, 2.24) is 14.6 Å². The molecule has 9 heteroatoms. The van der Waals surface area contributed by atoms with Crippen molar-refractivity contribution >= 4 is 18.1 Å². The van der Waals surface area contributed by atoms with Crippen molar-refractivity contribution in [3.63, 3.8) is 0 Å². The van der Waals surface area contributed by atoms with E-state index in [1.54, 1.807) is 14.1 Å². The lowest BCUT2D eigenvalue weighted by Crippen LogP contribution is -2.18. The van der Waals surface area contributed by atoms with Crippen molar-refractivity contribution in [2.75, 3.05) is 19.8 Å². The summed E-state index contributed by atoms with van der Waals surface area (Å²) in [4.78, 5) is 24.9. The first-order chi connectivity index (χ1) is 7.84. The van der Waals surface area contributed by atoms with Crippen molar-refractivity contribution < 1.29 is 9.59 Å². The molecule has 0 unspecified atom stereocenters. The van der Waals surface area contributed by atoms with Crippen LogP contribution in [-0.4, -0.2) is 41.0 Å². The Kier molecular flexibility index (Phi) is 5.82. The molecule has 0 aliphatic heterocycles. The largest absolute Gasteiger partial charge is 0.383 e. The SMILES string of the molecule is CN(C)N.NCc1nc(C(N)=O)c(N)n1C=O. The van der Waals surface area contributed by atoms with E-state index < -0.39 is 5.91 Å². The first kappa shape index (κ1) is 15.0. The van der Waals surface area contributed by atoms with Crippen molar-refractivity contribution in [3.05, 3.63) is 11.5 Å². The van der Waals surface area contributed by atoms with Crippen LogP contribution in [-0.2, 0) is 11.3 Å². The Morgan fingerprint density at radius 1 is 1.53 bits per heavy atom. The number of anilines is 1. The predicted octanol–water partition coefficient (Wildman–Crippen LogP) is -2.52. The van der Waals surface area contributed by atoms with Gasteiger partial charge in [-0.15, -0.1) is 0 Å². The minimum absolute atomic E-state index is 0.0101. The highest BCUT2D eigenvalue weighted by Gasteiger charge is 2.16. The van der Waals surface area contributed by atoms with Gasteiger partial charge in [0.15, 0.2) is 5.69 Å². The van der Waals surface area contributed by atoms with Crippen molar-refractivity contribution in [1.29, 1.82) is 0 Å². The number of primary amides is 1. The van der Waals surface area contributed by atoms with Gasteiger partial charge in [-0.25, -0.2) is 4.98 Å². The van der Waals surface area contributed by atoms with E-state index in [-0.39, 0.29) is 23.9 Å². The highest BCUT2D eigenvalue weighted by molar-refractivity contribution is 5.96. The lowest BCUT2D eigenvalue weighted by Gasteiger charge is -1.96. The maximum atomic E-state index is 10.7. The van der Waals surface area contributed by atoms with Crippen LogP contribution in [0.3, 0.4) is 0 Å². The van der Waals surface area contributed by atoms with Crippen LogP contribution in [0.1, 0.15) is 16.3 Å². The quantitative estimate of drug-likeness (QED) is 0.259. The molecule has 1 rings (SSSR count). The summed E-state index contributed by atoms with van der Waals surface area (Å²) in [5, 5.41) is 1.50. The smallest absolute Gasteiger partial charge is 0.271 e. The van der Waals surface area contributed by atoms with Crippen molar-refractivity contribution in [2.24, 2.45) is 17.3 Å². The number of rotatable bonds is 3. The number of nitrogen functional groups attached to an aromatic ring is 1. The maximum Gasteiger partial charge on any atom is 0.271 e. The fourth-order valence-corrected chi connectivity index (χ4v) is 0.936. The van der Waals surface area contributed by atoms with Gasteiger partial charge in [0.1, 0.15) is 11.6 Å². The summed E-state index contributed by atoms with van der Waals surface area (Å²) in [6, 6.07) is 0. The third-order valence-electron chi connectivity index (χ3n) is 1.54. The molecule has 0 atom stereocenters. The lowest BCUT2D eigenvalue weighted by atomic mass is 10.4. The van der Waals surface area contributed by atoms with Gasteiger partial charge in [-0.05, 0) is 0 Å². The molecule has 96 valence electrons. The number of carbonyl (C=O) groups is 2. The second-order valence-corrected chi connectivity index (χ2v) is 3.27. The minimum atomic E-state index is -0.784. The molecular formula is C8H17N7O2. The molecule has 0 saturated carbocycles. The van der Waals surface area contributed by atoms with Crippen molar-refractivity contribution in [2.45, 2.75) is 6.54 Å². The molecule has 1 amide bonds. The van der Waals surface area contributed by atoms with Crippen molar-refractivity contribution in [3.8, 4) is 0 Å². The van der Waals surface area contributed by atoms with E-state index in [1.165, 1.54) is 5.01 Å². The summed E-state index contributed by atoms with van der Waals surface area (Å²) >= 11 is 0. The second kappa shape index (κ2) is 6.58. The summed E-state index contributed by atoms with van der Waals surface area (Å²) in [6.45, 7) is 0.0101. The number of aromatic nitrogens is 2. The zero-order valence-corrected chi connectivity index (χ0v) is 9.75. The second-order valence-electron chi connectivity index (χ2n) is 3.27. The molecule has 1 aromatic rings. The fraction of sp³-hybridized carbons (Fsp3) is 0.375. The highest BCUT2D eigenvalue weighted by Crippen LogP contribution is 2.11. The molecule has 1 heterocycles. The van der Waals surface area contributed by atoms with Gasteiger partial charge in [-0.3, -0.25) is 25.0 Å². The van der Waals surface area contributed by atoms with Gasteiger partial charge in [-0.1, -0.05) is 0 Å². The number of hydrazine groups is 1. The van der Waals surface area contributed by atoms with E-state index in [9.17, 15) is 9.59 Å².